The number of unbranched alkanes of at least 4 members (excludes halogenated alkanes) is 1. The summed E-state index contributed by atoms with van der Waals surface area (Å²) < 4.78 is 0. The number of aliphatic hydroxyl groups excluding tert-OH is 1. The Morgan fingerprint density at radius 3 is 1.50 bits per heavy atom. The van der Waals surface area contributed by atoms with Crippen LogP contribution in [-0.4, -0.2) is 245 Å². The molecule has 1 heterocycles. The second kappa shape index (κ2) is 55.2. The van der Waals surface area contributed by atoms with Gasteiger partial charge in [0.1, 0.15) is 36.3 Å². The summed E-state index contributed by atoms with van der Waals surface area (Å²) >= 11 is 0. The number of para-hydroxylation sites is 1. The van der Waals surface area contributed by atoms with Gasteiger partial charge in [0.2, 0.25) is 35.8 Å². The van der Waals surface area contributed by atoms with Crippen LogP contribution in [0.1, 0.15) is 130 Å². The number of nitrogens with two attached hydrogens (primary N) is 12. The van der Waals surface area contributed by atoms with Gasteiger partial charge in [-0.05, 0) is 126 Å². The summed E-state index contributed by atoms with van der Waals surface area (Å²) in [5.74, 6) is -6.31. The van der Waals surface area contributed by atoms with E-state index in [2.05, 4.69) is 107 Å². The first-order valence-corrected chi connectivity index (χ1v) is 37.0. The van der Waals surface area contributed by atoms with Crippen LogP contribution in [0.25, 0.3) is 10.9 Å². The van der Waals surface area contributed by atoms with Crippen LogP contribution in [0, 0.1) is 18.4 Å². The third-order valence-corrected chi connectivity index (χ3v) is 17.3. The van der Waals surface area contributed by atoms with E-state index in [0.29, 0.717) is 94.9 Å². The van der Waals surface area contributed by atoms with Crippen molar-refractivity contribution in [1.82, 2.24) is 63.5 Å². The Bertz CT molecular complexity index is 3090. The number of amides is 6. The maximum absolute atomic E-state index is 15.0. The number of carboxylic acids is 1. The standard InChI is InChI=1S/C68H129N30O9/c1-5-43(4)56(92-36-45(70)41-99)39-82-31-32-84-47(16-11-25-86-65(73)74)38-90-46(15-10-24-85-64(71)72)37-81-29-30-83-40-57(100)93-50(20-12-26-87-66(75)76)58(101)95-53(22-14-28-89-68(79)80)60(103)97-54(34-44-35-91-49-18-7-6-17-48(44)49)62(105)96-52(21-13-27-88-67(77)78)59(102)94-51(19-8-9-23-69)61(104)98-55(63(106)107)33-42(2)3/h6-7,17-18,31,35,40,42-43,45-47,50-56,81-82,84,90-92,99H,5,8-16,19-30,32-34,36-39,41,69-70H2,1-4H3,(H,93,100)(H,94,102)(H,95,101)(H,96,105)(H,97,103)(H,98,104)(H,106,107)(H4,71,72,85)(H4,73,74,86)(H4,75,76,87)(H4,77,78,88)(H4,79,80,89)/q-1/p+1/t43-,45+,46-,47-,50-,51-,52-,53-,54-,55-,56+/m0/s1. The zero-order valence-corrected chi connectivity index (χ0v) is 63.1. The molecule has 606 valence electrons. The predicted molar refractivity (Wildman–Crippen MR) is 420 cm³/mol. The van der Waals surface area contributed by atoms with Crippen LogP contribution < -0.4 is 132 Å². The molecule has 1 aromatic carbocycles. The van der Waals surface area contributed by atoms with Crippen LogP contribution in [0.3, 0.4) is 0 Å². The molecule has 0 saturated heterocycles. The smallest absolute Gasteiger partial charge is 0.326 e. The van der Waals surface area contributed by atoms with Crippen molar-refractivity contribution in [2.45, 2.75) is 191 Å². The molecule has 0 aliphatic rings. The fraction of sp³-hybridized carbons (Fsp3) is 0.676. The van der Waals surface area contributed by atoms with E-state index in [-0.39, 0.29) is 157 Å². The monoisotopic (exact) mass is 1510 g/mol. The zero-order valence-electron chi connectivity index (χ0n) is 63.1. The van der Waals surface area contributed by atoms with Crippen molar-refractivity contribution < 1.29 is 48.8 Å². The Morgan fingerprint density at radius 2 is 1.02 bits per heavy atom. The lowest BCUT2D eigenvalue weighted by Gasteiger charge is -2.30. The van der Waals surface area contributed by atoms with Crippen molar-refractivity contribution in [2.24, 2.45) is 106 Å². The molecule has 107 heavy (non-hydrogen) atoms. The summed E-state index contributed by atoms with van der Waals surface area (Å²) in [6.45, 7) is 14.6. The average molecular weight is 1510 g/mol. The second-order valence-electron chi connectivity index (χ2n) is 26.9. The second-order valence-corrected chi connectivity index (χ2v) is 26.9. The molecule has 6 amide bonds. The number of aliphatic carboxylic acids is 1. The molecule has 0 spiro atoms. The molecule has 1 aromatic heterocycles. The highest BCUT2D eigenvalue weighted by molar-refractivity contribution is 6.24. The number of carboxylic acid groups (broad SMARTS) is 1. The third-order valence-electron chi connectivity index (χ3n) is 17.3. The number of hydrogen-bond donors (Lipinski definition) is 27. The van der Waals surface area contributed by atoms with E-state index in [0.717, 1.165) is 24.8 Å². The van der Waals surface area contributed by atoms with Gasteiger partial charge in [-0.25, -0.2) is 9.79 Å². The quantitative estimate of drug-likeness (QED) is 0.0127. The number of guanidine groups is 5. The molecule has 0 fully saturated rings. The number of carbonyl (C=O) groups is 7. The molecule has 2 rings (SSSR count). The molecule has 0 aliphatic carbocycles. The van der Waals surface area contributed by atoms with Crippen LogP contribution in [0.4, 0.5) is 0 Å². The van der Waals surface area contributed by atoms with Crippen molar-refractivity contribution in [2.75, 3.05) is 91.7 Å². The van der Waals surface area contributed by atoms with E-state index >= 15 is 4.79 Å². The number of aliphatic hydroxyl groups is 1. The summed E-state index contributed by atoms with van der Waals surface area (Å²) in [6.07, 6.45) is 7.90. The number of aromatic amines is 1. The van der Waals surface area contributed by atoms with Gasteiger partial charge in [-0.2, -0.15) is 0 Å². The first kappa shape index (κ1) is 93.8. The maximum Gasteiger partial charge on any atom is 0.326 e. The van der Waals surface area contributed by atoms with Crippen LogP contribution in [0.5, 0.6) is 0 Å². The van der Waals surface area contributed by atoms with Crippen LogP contribution in [0.15, 0.2) is 55.4 Å². The van der Waals surface area contributed by atoms with Crippen molar-refractivity contribution in [1.29, 1.82) is 0 Å². The van der Waals surface area contributed by atoms with Gasteiger partial charge in [-0.1, -0.05) is 52.3 Å². The molecule has 39 nitrogen and oxygen atoms in total. The van der Waals surface area contributed by atoms with Crippen LogP contribution in [0.2, 0.25) is 0 Å². The highest BCUT2D eigenvalue weighted by atomic mass is 16.4. The van der Waals surface area contributed by atoms with Crippen molar-refractivity contribution >= 4 is 88.3 Å². The Hall–Kier alpha value is -9.25. The molecule has 0 aliphatic heterocycles. The molecule has 2 aromatic rings. The van der Waals surface area contributed by atoms with Crippen molar-refractivity contribution in [3.05, 3.63) is 42.6 Å². The molecule has 0 unspecified atom stereocenters. The van der Waals surface area contributed by atoms with Crippen molar-refractivity contribution in [3.63, 3.8) is 0 Å². The van der Waals surface area contributed by atoms with Gasteiger partial charge in [-0.15, -0.1) is 6.54 Å². The maximum atomic E-state index is 15.0. The lowest BCUT2D eigenvalue weighted by Crippen LogP contribution is -2.73. The Labute approximate surface area is 628 Å². The average Bonchev–Trinajstić information content (AvgIpc) is 1.71. The minimum atomic E-state index is -1.45. The number of aromatic nitrogens is 1. The van der Waals surface area contributed by atoms with Gasteiger partial charge in [0.25, 0.3) is 0 Å². The molecule has 0 bridgehead atoms. The van der Waals surface area contributed by atoms with E-state index < -0.39 is 77.7 Å². The predicted octanol–water partition coefficient (Wildman–Crippen LogP) is -8.12. The lowest BCUT2D eigenvalue weighted by atomic mass is 9.99. The third kappa shape index (κ3) is 43.2. The first-order chi connectivity index (χ1) is 51.1. The molecular weight excluding hydrogens is 1380 g/mol. The summed E-state index contributed by atoms with van der Waals surface area (Å²) in [5.41, 5.74) is 69.4. The van der Waals surface area contributed by atoms with Crippen LogP contribution in [-0.2, 0) is 40.0 Å². The largest absolute Gasteiger partial charge is 0.480 e. The van der Waals surface area contributed by atoms with Crippen LogP contribution >= 0.6 is 0 Å². The summed E-state index contributed by atoms with van der Waals surface area (Å²) in [7, 11) is 0. The number of carbonyl (C=O) groups excluding carboxylic acids is 6. The highest BCUT2D eigenvalue weighted by Gasteiger charge is 2.34. The van der Waals surface area contributed by atoms with E-state index in [1.165, 1.54) is 6.21 Å². The first-order valence-electron chi connectivity index (χ1n) is 37.0. The van der Waals surface area contributed by atoms with Gasteiger partial charge >= 0.3 is 11.9 Å². The fourth-order valence-corrected chi connectivity index (χ4v) is 11.3. The number of aliphatic imine (C=N–C) groups is 5. The fourth-order valence-electron chi connectivity index (χ4n) is 11.3. The minimum Gasteiger partial charge on any atom is -0.480 e. The Balaban J connectivity index is 2.47. The summed E-state index contributed by atoms with van der Waals surface area (Å²) in [4.78, 5) is 126. The Morgan fingerprint density at radius 1 is 0.561 bits per heavy atom. The number of nitrogens with one attached hydrogen (secondary N) is 13. The number of fused-ring (bicyclic) bond motifs is 1. The molecular formula is C68H130N30O9. The van der Waals surface area contributed by atoms with Gasteiger partial charge in [0.05, 0.1) is 13.2 Å². The zero-order chi connectivity index (χ0) is 79.5. The van der Waals surface area contributed by atoms with Gasteiger partial charge < -0.3 is 142 Å². The van der Waals surface area contributed by atoms with Gasteiger partial charge in [0, 0.05) is 100 Å². The molecule has 0 radical (unpaired) electrons. The van der Waals surface area contributed by atoms with Gasteiger partial charge in [-0.3, -0.25) is 60.3 Å². The number of rotatable bonds is 61. The summed E-state index contributed by atoms with van der Waals surface area (Å²) in [5, 5.41) is 54.2. The van der Waals surface area contributed by atoms with E-state index in [9.17, 15) is 39.0 Å². The molecule has 39 heteroatoms. The van der Waals surface area contributed by atoms with Crippen molar-refractivity contribution in [3.8, 4) is 0 Å². The number of H-pyrrole nitrogens is 1. The van der Waals surface area contributed by atoms with Gasteiger partial charge in [0.15, 0.2) is 36.3 Å². The minimum absolute atomic E-state index is 0.00346. The topological polar surface area (TPSA) is 696 Å². The van der Waals surface area contributed by atoms with E-state index in [4.69, 9.17) is 68.8 Å². The number of nitrogens with zero attached hydrogens (tertiary/aromatic N) is 5. The Kier molecular flexibility index (Phi) is 48.4. The van der Waals surface area contributed by atoms with E-state index in [1.54, 1.807) is 26.1 Å². The number of hydrogen-bond acceptors (Lipinski definition) is 20. The number of benzene rings is 1. The molecule has 0 saturated carbocycles. The summed E-state index contributed by atoms with van der Waals surface area (Å²) in [6, 6.07) is -0.989. The van der Waals surface area contributed by atoms with E-state index in [1.807, 2.05) is 24.7 Å². The SMILES string of the molecule is CC[C@H](C)[C@@H](CN[CH-]CN[C@@H](CCCN=C(N)N)CN[C@@H](CCCN=C(N)N)CNCC[NH+]=CC(=O)N[C@@H](CCCN=C(N)N)C(=O)N[C@@H](CCCN=C(N)N)C(=O)N[C@@H](Cc1c[nH]c2ccccc12)C(=O)N[C@@H](CCCN=C(N)N)C(=O)N[C@@H](CCCCN)C(=O)N[C@@H](CC(C)C)C(=O)O)NC[C@@H](N)CO. The molecule has 39 N–H and O–H groups in total. The normalized spacial score (nSPS) is 14.5. The lowest BCUT2D eigenvalue weighted by molar-refractivity contribution is -0.448. The molecule has 11 atom stereocenters. The highest BCUT2D eigenvalue weighted by Crippen LogP contribution is 2.20.